The second-order valence-electron chi connectivity index (χ2n) is 4.86. The molecule has 0 N–H and O–H groups in total. The molecule has 0 aliphatic carbocycles. The van der Waals surface area contributed by atoms with Gasteiger partial charge in [0.25, 0.3) is 5.69 Å². The van der Waals surface area contributed by atoms with E-state index in [1.54, 1.807) is 24.2 Å². The Morgan fingerprint density at radius 2 is 2.00 bits per heavy atom. The monoisotopic (exact) mass is 321 g/mol. The zero-order chi connectivity index (χ0) is 16.3. The highest BCUT2D eigenvalue weighted by atomic mass is 32.2. The third-order valence-electron chi connectivity index (χ3n) is 3.11. The first kappa shape index (κ1) is 15.9. The fourth-order valence-electron chi connectivity index (χ4n) is 2.02. The van der Waals surface area contributed by atoms with Gasteiger partial charge in [0.15, 0.2) is 9.84 Å². The van der Waals surface area contributed by atoms with E-state index in [0.717, 1.165) is 18.0 Å². The minimum atomic E-state index is -3.50. The zero-order valence-corrected chi connectivity index (χ0v) is 12.9. The number of hydrogen-bond donors (Lipinski definition) is 0. The van der Waals surface area contributed by atoms with Crippen LogP contribution in [0.4, 0.5) is 11.4 Å². The molecular formula is C14H15N3O4S. The van der Waals surface area contributed by atoms with E-state index in [1.165, 1.54) is 12.1 Å². The van der Waals surface area contributed by atoms with Gasteiger partial charge in [-0.1, -0.05) is 6.07 Å². The maximum Gasteiger partial charge on any atom is 0.293 e. The van der Waals surface area contributed by atoms with Gasteiger partial charge >= 0.3 is 0 Å². The summed E-state index contributed by atoms with van der Waals surface area (Å²) in [6.45, 7) is 0.375. The van der Waals surface area contributed by atoms with Crippen LogP contribution in [-0.2, 0) is 16.4 Å². The minimum Gasteiger partial charge on any atom is -0.363 e. The van der Waals surface area contributed by atoms with Gasteiger partial charge in [-0.25, -0.2) is 8.42 Å². The Kier molecular flexibility index (Phi) is 4.41. The molecule has 1 aromatic heterocycles. The zero-order valence-electron chi connectivity index (χ0n) is 12.1. The minimum absolute atomic E-state index is 0.0748. The molecule has 0 amide bonds. The molecule has 0 spiro atoms. The van der Waals surface area contributed by atoms with Gasteiger partial charge in [-0.05, 0) is 24.3 Å². The lowest BCUT2D eigenvalue weighted by Gasteiger charge is -2.19. The van der Waals surface area contributed by atoms with Crippen molar-refractivity contribution < 1.29 is 13.3 Å². The highest BCUT2D eigenvalue weighted by Crippen LogP contribution is 2.30. The molecule has 1 aromatic carbocycles. The summed E-state index contributed by atoms with van der Waals surface area (Å²) in [5.74, 6) is 0. The van der Waals surface area contributed by atoms with Crippen molar-refractivity contribution in [2.24, 2.45) is 0 Å². The van der Waals surface area contributed by atoms with Gasteiger partial charge in [-0.2, -0.15) is 0 Å². The fourth-order valence-corrected chi connectivity index (χ4v) is 2.66. The van der Waals surface area contributed by atoms with Crippen molar-refractivity contribution in [1.29, 1.82) is 0 Å². The van der Waals surface area contributed by atoms with Crippen molar-refractivity contribution in [1.82, 2.24) is 4.98 Å². The molecule has 7 nitrogen and oxygen atoms in total. The summed E-state index contributed by atoms with van der Waals surface area (Å²) in [5.41, 5.74) is 0.843. The van der Waals surface area contributed by atoms with Gasteiger partial charge in [0.2, 0.25) is 0 Å². The van der Waals surface area contributed by atoms with Crippen molar-refractivity contribution in [3.63, 3.8) is 0 Å². The Labute approximate surface area is 128 Å². The van der Waals surface area contributed by atoms with E-state index in [4.69, 9.17) is 0 Å². The molecule has 116 valence electrons. The molecule has 0 fully saturated rings. The largest absolute Gasteiger partial charge is 0.363 e. The molecule has 2 aromatic rings. The first-order chi connectivity index (χ1) is 10.3. The summed E-state index contributed by atoms with van der Waals surface area (Å²) < 4.78 is 23.1. The summed E-state index contributed by atoms with van der Waals surface area (Å²) in [7, 11) is -1.80. The van der Waals surface area contributed by atoms with Crippen LogP contribution >= 0.6 is 0 Å². The molecule has 0 saturated carbocycles. The molecule has 0 atom stereocenters. The first-order valence-electron chi connectivity index (χ1n) is 6.38. The van der Waals surface area contributed by atoms with Crippen LogP contribution in [0.1, 0.15) is 5.69 Å². The van der Waals surface area contributed by atoms with E-state index in [1.807, 2.05) is 12.1 Å². The SMILES string of the molecule is CN(Cc1ccccn1)c1ccc(S(C)(=O)=O)cc1[N+](=O)[O-]. The summed E-state index contributed by atoms with van der Waals surface area (Å²) in [6, 6.07) is 9.32. The molecule has 0 aliphatic rings. The molecule has 0 bridgehead atoms. The molecule has 0 radical (unpaired) electrons. The van der Waals surface area contributed by atoms with E-state index in [-0.39, 0.29) is 10.6 Å². The lowest BCUT2D eigenvalue weighted by atomic mass is 10.2. The van der Waals surface area contributed by atoms with Gasteiger partial charge in [0.1, 0.15) is 5.69 Å². The average Bonchev–Trinajstić information content (AvgIpc) is 2.46. The lowest BCUT2D eigenvalue weighted by Crippen LogP contribution is -2.18. The van der Waals surface area contributed by atoms with E-state index in [9.17, 15) is 18.5 Å². The van der Waals surface area contributed by atoms with Crippen molar-refractivity contribution >= 4 is 21.2 Å². The third-order valence-corrected chi connectivity index (χ3v) is 4.22. The fraction of sp³-hybridized carbons (Fsp3) is 0.214. The summed E-state index contributed by atoms with van der Waals surface area (Å²) in [4.78, 5) is 16.4. The number of benzene rings is 1. The molecule has 0 saturated heterocycles. The van der Waals surface area contributed by atoms with Gasteiger partial charge in [-0.15, -0.1) is 0 Å². The maximum atomic E-state index is 11.5. The van der Waals surface area contributed by atoms with Crippen molar-refractivity contribution in [2.45, 2.75) is 11.4 Å². The third kappa shape index (κ3) is 3.59. The van der Waals surface area contributed by atoms with Crippen LogP contribution in [0.15, 0.2) is 47.5 Å². The van der Waals surface area contributed by atoms with Gasteiger partial charge in [-0.3, -0.25) is 15.1 Å². The first-order valence-corrected chi connectivity index (χ1v) is 8.27. The predicted octanol–water partition coefficient (Wildman–Crippen LogP) is 2.03. The number of nitrogens with zero attached hydrogens (tertiary/aromatic N) is 3. The normalized spacial score (nSPS) is 11.2. The smallest absolute Gasteiger partial charge is 0.293 e. The molecule has 0 unspecified atom stereocenters. The molecule has 2 rings (SSSR count). The van der Waals surface area contributed by atoms with E-state index >= 15 is 0 Å². The topological polar surface area (TPSA) is 93.4 Å². The van der Waals surface area contributed by atoms with Crippen molar-refractivity contribution in [3.05, 3.63) is 58.4 Å². The summed E-state index contributed by atoms with van der Waals surface area (Å²) >= 11 is 0. The van der Waals surface area contributed by atoms with E-state index in [0.29, 0.717) is 12.2 Å². The second kappa shape index (κ2) is 6.10. The van der Waals surface area contributed by atoms with Gasteiger partial charge in [0, 0.05) is 25.6 Å². The highest BCUT2D eigenvalue weighted by molar-refractivity contribution is 7.90. The number of anilines is 1. The average molecular weight is 321 g/mol. The molecular weight excluding hydrogens is 306 g/mol. The van der Waals surface area contributed by atoms with Crippen LogP contribution in [0.25, 0.3) is 0 Å². The number of pyridine rings is 1. The maximum absolute atomic E-state index is 11.5. The van der Waals surface area contributed by atoms with Crippen LogP contribution in [-0.4, -0.2) is 31.6 Å². The number of rotatable bonds is 5. The van der Waals surface area contributed by atoms with Gasteiger partial charge in [0.05, 0.1) is 22.1 Å². The van der Waals surface area contributed by atoms with Gasteiger partial charge < -0.3 is 4.90 Å². The van der Waals surface area contributed by atoms with Crippen molar-refractivity contribution in [2.75, 3.05) is 18.2 Å². The van der Waals surface area contributed by atoms with E-state index < -0.39 is 14.8 Å². The standard InChI is InChI=1S/C14H15N3O4S/c1-16(10-11-5-3-4-8-15-11)13-7-6-12(22(2,20)21)9-14(13)17(18)19/h3-9H,10H2,1-2H3. The molecule has 8 heteroatoms. The Morgan fingerprint density at radius 3 is 2.55 bits per heavy atom. The van der Waals surface area contributed by atoms with Crippen LogP contribution in [0.3, 0.4) is 0 Å². The van der Waals surface area contributed by atoms with Crippen LogP contribution in [0.5, 0.6) is 0 Å². The molecule has 22 heavy (non-hydrogen) atoms. The Bertz CT molecular complexity index is 791. The van der Waals surface area contributed by atoms with Crippen molar-refractivity contribution in [3.8, 4) is 0 Å². The Balaban J connectivity index is 2.40. The molecule has 0 aliphatic heterocycles. The number of nitro benzene ring substituents is 1. The van der Waals surface area contributed by atoms with Crippen LogP contribution in [0, 0.1) is 10.1 Å². The number of aromatic nitrogens is 1. The highest BCUT2D eigenvalue weighted by Gasteiger charge is 2.21. The quantitative estimate of drug-likeness (QED) is 0.618. The Morgan fingerprint density at radius 1 is 1.27 bits per heavy atom. The van der Waals surface area contributed by atoms with E-state index in [2.05, 4.69) is 4.98 Å². The molecule has 1 heterocycles. The lowest BCUT2D eigenvalue weighted by molar-refractivity contribution is -0.384. The number of sulfone groups is 1. The number of hydrogen-bond acceptors (Lipinski definition) is 6. The second-order valence-corrected chi connectivity index (χ2v) is 6.87. The summed E-state index contributed by atoms with van der Waals surface area (Å²) in [5, 5.41) is 11.2. The van der Waals surface area contributed by atoms with Crippen LogP contribution < -0.4 is 4.90 Å². The van der Waals surface area contributed by atoms with Crippen LogP contribution in [0.2, 0.25) is 0 Å². The Hall–Kier alpha value is -2.48. The number of nitro groups is 1. The predicted molar refractivity (Wildman–Crippen MR) is 82.6 cm³/mol. The summed E-state index contributed by atoms with van der Waals surface area (Å²) in [6.07, 6.45) is 2.66.